The minimum atomic E-state index is 0.144. The second-order valence-corrected chi connectivity index (χ2v) is 4.66. The normalized spacial score (nSPS) is 20.7. The highest BCUT2D eigenvalue weighted by atomic mass is 35.5. The quantitative estimate of drug-likeness (QED) is 0.819. The topological polar surface area (TPSA) is 29.1 Å². The minimum Gasteiger partial charge on any atom is -0.314 e. The molecular weight excluding hydrogens is 222 g/mol. The van der Waals surface area contributed by atoms with Crippen molar-refractivity contribution in [3.63, 3.8) is 0 Å². The molecule has 3 heteroatoms. The van der Waals surface area contributed by atoms with Gasteiger partial charge in [-0.2, -0.15) is 0 Å². The number of nitrogens with one attached hydrogen (secondary N) is 1. The Hall–Kier alpha value is -0.860. The molecule has 1 aromatic rings. The molecule has 1 heterocycles. The Morgan fingerprint density at radius 1 is 1.38 bits per heavy atom. The number of rotatable bonds is 3. The van der Waals surface area contributed by atoms with Crippen LogP contribution in [-0.2, 0) is 0 Å². The van der Waals surface area contributed by atoms with E-state index in [0.29, 0.717) is 23.0 Å². The molecule has 2 rings (SSSR count). The Morgan fingerprint density at radius 2 is 2.19 bits per heavy atom. The molecule has 0 spiro atoms. The zero-order chi connectivity index (χ0) is 11.4. The molecule has 0 aliphatic carbocycles. The zero-order valence-corrected chi connectivity index (χ0v) is 9.96. The molecule has 1 aromatic carbocycles. The van der Waals surface area contributed by atoms with Gasteiger partial charge in [-0.05, 0) is 31.5 Å². The van der Waals surface area contributed by atoms with Gasteiger partial charge in [-0.25, -0.2) is 0 Å². The zero-order valence-electron chi connectivity index (χ0n) is 9.21. The largest absolute Gasteiger partial charge is 0.314 e. The van der Waals surface area contributed by atoms with Crippen molar-refractivity contribution in [3.8, 4) is 0 Å². The summed E-state index contributed by atoms with van der Waals surface area (Å²) in [6.45, 7) is 1.03. The van der Waals surface area contributed by atoms with Crippen LogP contribution in [0.15, 0.2) is 24.3 Å². The average Bonchev–Trinajstić information content (AvgIpc) is 2.31. The van der Waals surface area contributed by atoms with E-state index in [9.17, 15) is 4.79 Å². The van der Waals surface area contributed by atoms with Gasteiger partial charge in [-0.15, -0.1) is 0 Å². The monoisotopic (exact) mass is 237 g/mol. The van der Waals surface area contributed by atoms with E-state index < -0.39 is 0 Å². The summed E-state index contributed by atoms with van der Waals surface area (Å²) < 4.78 is 0. The molecule has 1 saturated heterocycles. The van der Waals surface area contributed by atoms with Crippen molar-refractivity contribution >= 4 is 17.4 Å². The standard InChI is InChI=1S/C13H16ClNO/c14-12-7-2-1-6-11(12)13(16)9-10-5-3-4-8-15-10/h1-2,6-7,10,15H,3-5,8-9H2. The SMILES string of the molecule is O=C(CC1CCCCN1)c1ccccc1Cl. The molecule has 1 aliphatic rings. The van der Waals surface area contributed by atoms with Crippen molar-refractivity contribution in [2.45, 2.75) is 31.7 Å². The molecule has 16 heavy (non-hydrogen) atoms. The van der Waals surface area contributed by atoms with Gasteiger partial charge >= 0.3 is 0 Å². The van der Waals surface area contributed by atoms with Crippen LogP contribution in [0.4, 0.5) is 0 Å². The van der Waals surface area contributed by atoms with Crippen LogP contribution in [0.1, 0.15) is 36.0 Å². The molecule has 1 N–H and O–H groups in total. The van der Waals surface area contributed by atoms with Gasteiger partial charge in [-0.1, -0.05) is 30.2 Å². The second-order valence-electron chi connectivity index (χ2n) is 4.25. The van der Waals surface area contributed by atoms with Crippen LogP contribution in [0.3, 0.4) is 0 Å². The number of ketones is 1. The lowest BCUT2D eigenvalue weighted by Gasteiger charge is -2.22. The van der Waals surface area contributed by atoms with Crippen molar-refractivity contribution in [1.82, 2.24) is 5.32 Å². The number of benzene rings is 1. The summed E-state index contributed by atoms with van der Waals surface area (Å²) in [5, 5.41) is 3.93. The third kappa shape index (κ3) is 2.83. The molecule has 0 amide bonds. The van der Waals surface area contributed by atoms with Crippen LogP contribution < -0.4 is 5.32 Å². The van der Waals surface area contributed by atoms with E-state index in [1.165, 1.54) is 12.8 Å². The van der Waals surface area contributed by atoms with E-state index in [2.05, 4.69) is 5.32 Å². The summed E-state index contributed by atoms with van der Waals surface area (Å²) in [6.07, 6.45) is 4.09. The van der Waals surface area contributed by atoms with Gasteiger partial charge < -0.3 is 5.32 Å². The third-order valence-corrected chi connectivity index (χ3v) is 3.35. The highest BCUT2D eigenvalue weighted by Crippen LogP contribution is 2.19. The first-order valence-electron chi connectivity index (χ1n) is 5.78. The van der Waals surface area contributed by atoms with E-state index in [-0.39, 0.29) is 5.78 Å². The fourth-order valence-corrected chi connectivity index (χ4v) is 2.36. The summed E-state index contributed by atoms with van der Waals surface area (Å²) in [6, 6.07) is 7.60. The Kier molecular flexibility index (Phi) is 3.97. The molecular formula is C13H16ClNO. The smallest absolute Gasteiger partial charge is 0.165 e. The maximum absolute atomic E-state index is 12.0. The molecule has 86 valence electrons. The van der Waals surface area contributed by atoms with E-state index in [4.69, 9.17) is 11.6 Å². The molecule has 0 saturated carbocycles. The average molecular weight is 238 g/mol. The molecule has 0 radical (unpaired) electrons. The summed E-state index contributed by atoms with van der Waals surface area (Å²) in [7, 11) is 0. The van der Waals surface area contributed by atoms with Gasteiger partial charge in [0.15, 0.2) is 5.78 Å². The Morgan fingerprint density at radius 3 is 2.88 bits per heavy atom. The Balaban J connectivity index is 2.00. The van der Waals surface area contributed by atoms with Crippen LogP contribution in [0.2, 0.25) is 5.02 Å². The van der Waals surface area contributed by atoms with Crippen LogP contribution in [0.5, 0.6) is 0 Å². The minimum absolute atomic E-state index is 0.144. The first-order valence-corrected chi connectivity index (χ1v) is 6.16. The molecule has 2 nitrogen and oxygen atoms in total. The van der Waals surface area contributed by atoms with Crippen molar-refractivity contribution in [2.24, 2.45) is 0 Å². The predicted molar refractivity (Wildman–Crippen MR) is 66.0 cm³/mol. The first kappa shape index (κ1) is 11.6. The van der Waals surface area contributed by atoms with E-state index in [1.54, 1.807) is 12.1 Å². The number of Topliss-reactive ketones (excluding diaryl/α,β-unsaturated/α-hetero) is 1. The van der Waals surface area contributed by atoms with Crippen LogP contribution in [0.25, 0.3) is 0 Å². The Labute approximate surface area is 101 Å². The fourth-order valence-electron chi connectivity index (χ4n) is 2.12. The van der Waals surface area contributed by atoms with E-state index >= 15 is 0 Å². The van der Waals surface area contributed by atoms with Gasteiger partial charge in [0.2, 0.25) is 0 Å². The number of piperidine rings is 1. The molecule has 1 unspecified atom stereocenters. The van der Waals surface area contributed by atoms with Crippen molar-refractivity contribution in [2.75, 3.05) is 6.54 Å². The number of halogens is 1. The number of hydrogen-bond acceptors (Lipinski definition) is 2. The fraction of sp³-hybridized carbons (Fsp3) is 0.462. The molecule has 0 aromatic heterocycles. The lowest BCUT2D eigenvalue weighted by atomic mass is 9.97. The van der Waals surface area contributed by atoms with Crippen LogP contribution >= 0.6 is 11.6 Å². The summed E-state index contributed by atoms with van der Waals surface area (Å²) >= 11 is 6.00. The maximum atomic E-state index is 12.0. The second kappa shape index (κ2) is 5.46. The van der Waals surface area contributed by atoms with Crippen molar-refractivity contribution in [1.29, 1.82) is 0 Å². The lowest BCUT2D eigenvalue weighted by molar-refractivity contribution is 0.0964. The number of carbonyl (C=O) groups is 1. The molecule has 0 bridgehead atoms. The van der Waals surface area contributed by atoms with Gasteiger partial charge in [0.25, 0.3) is 0 Å². The van der Waals surface area contributed by atoms with Gasteiger partial charge in [-0.3, -0.25) is 4.79 Å². The van der Waals surface area contributed by atoms with Gasteiger partial charge in [0.05, 0.1) is 5.02 Å². The highest BCUT2D eigenvalue weighted by Gasteiger charge is 2.18. The first-order chi connectivity index (χ1) is 7.77. The summed E-state index contributed by atoms with van der Waals surface area (Å²) in [4.78, 5) is 12.0. The number of hydrogen-bond donors (Lipinski definition) is 1. The van der Waals surface area contributed by atoms with Crippen LogP contribution in [0, 0.1) is 0 Å². The van der Waals surface area contributed by atoms with Gasteiger partial charge in [0.1, 0.15) is 0 Å². The lowest BCUT2D eigenvalue weighted by Crippen LogP contribution is -2.35. The van der Waals surface area contributed by atoms with E-state index in [0.717, 1.165) is 13.0 Å². The third-order valence-electron chi connectivity index (χ3n) is 3.02. The highest BCUT2D eigenvalue weighted by molar-refractivity contribution is 6.33. The van der Waals surface area contributed by atoms with E-state index in [1.807, 2.05) is 12.1 Å². The predicted octanol–water partition coefficient (Wildman–Crippen LogP) is 3.05. The molecule has 1 atom stereocenters. The van der Waals surface area contributed by atoms with Crippen LogP contribution in [-0.4, -0.2) is 18.4 Å². The van der Waals surface area contributed by atoms with Crippen molar-refractivity contribution < 1.29 is 4.79 Å². The summed E-state index contributed by atoms with van der Waals surface area (Å²) in [5.41, 5.74) is 0.650. The summed E-state index contributed by atoms with van der Waals surface area (Å²) in [5.74, 6) is 0.144. The van der Waals surface area contributed by atoms with Gasteiger partial charge in [0, 0.05) is 18.0 Å². The molecule has 1 fully saturated rings. The Bertz CT molecular complexity index is 372. The van der Waals surface area contributed by atoms with Crippen molar-refractivity contribution in [3.05, 3.63) is 34.9 Å². The maximum Gasteiger partial charge on any atom is 0.165 e. The number of carbonyl (C=O) groups excluding carboxylic acids is 1. The molecule has 1 aliphatic heterocycles.